The van der Waals surface area contributed by atoms with E-state index in [0.717, 1.165) is 39.0 Å². The smallest absolute Gasteiger partial charge is 0.251 e. The fourth-order valence-corrected chi connectivity index (χ4v) is 3.81. The molecule has 6 heteroatoms. The van der Waals surface area contributed by atoms with Gasteiger partial charge in [-0.1, -0.05) is 12.1 Å². The average Bonchev–Trinajstić information content (AvgIpc) is 2.60. The lowest BCUT2D eigenvalue weighted by Gasteiger charge is -2.49. The first kappa shape index (κ1) is 19.8. The number of ether oxygens (including phenoxy) is 1. The first-order chi connectivity index (χ1) is 11.5. The van der Waals surface area contributed by atoms with E-state index in [2.05, 4.69) is 17.0 Å². The first-order valence-corrected chi connectivity index (χ1v) is 8.73. The van der Waals surface area contributed by atoms with Gasteiger partial charge in [0.05, 0.1) is 17.2 Å². The Bertz CT molecular complexity index is 650. The minimum atomic E-state index is -0.336. The lowest BCUT2D eigenvalue weighted by atomic mass is 9.88. The SMILES string of the molecule is CCN1CC2(CCN(Cc3cccc(C#N)c3)CC2)O[C@@H](C)C1=O.S. The van der Waals surface area contributed by atoms with E-state index in [9.17, 15) is 4.79 Å². The number of hydrogen-bond donors (Lipinski definition) is 0. The van der Waals surface area contributed by atoms with Crippen molar-refractivity contribution < 1.29 is 9.53 Å². The number of amides is 1. The van der Waals surface area contributed by atoms with Crippen LogP contribution in [0.2, 0.25) is 0 Å². The van der Waals surface area contributed by atoms with E-state index >= 15 is 0 Å². The number of piperidine rings is 1. The molecule has 1 amide bonds. The van der Waals surface area contributed by atoms with Gasteiger partial charge in [-0.3, -0.25) is 9.69 Å². The molecule has 2 aliphatic heterocycles. The zero-order chi connectivity index (χ0) is 17.2. The van der Waals surface area contributed by atoms with E-state index in [4.69, 9.17) is 10.00 Å². The molecule has 25 heavy (non-hydrogen) atoms. The van der Waals surface area contributed by atoms with Gasteiger partial charge in [-0.15, -0.1) is 0 Å². The third-order valence-electron chi connectivity index (χ3n) is 5.18. The highest BCUT2D eigenvalue weighted by atomic mass is 32.1. The van der Waals surface area contributed by atoms with Crippen molar-refractivity contribution in [3.63, 3.8) is 0 Å². The summed E-state index contributed by atoms with van der Waals surface area (Å²) >= 11 is 0. The Balaban J connectivity index is 0.00000225. The number of likely N-dealkylation sites (tertiary alicyclic amines) is 1. The third kappa shape index (κ3) is 4.35. The Kier molecular flexibility index (Phi) is 6.50. The van der Waals surface area contributed by atoms with Crippen LogP contribution in [0.15, 0.2) is 24.3 Å². The number of likely N-dealkylation sites (N-methyl/N-ethyl adjacent to an activating group) is 1. The predicted octanol–water partition coefficient (Wildman–Crippen LogP) is 2.27. The molecule has 1 aromatic rings. The number of morpholine rings is 1. The maximum absolute atomic E-state index is 12.1. The summed E-state index contributed by atoms with van der Waals surface area (Å²) in [6.07, 6.45) is 1.55. The molecule has 0 unspecified atom stereocenters. The van der Waals surface area contributed by atoms with Gasteiger partial charge in [0.1, 0.15) is 6.10 Å². The summed E-state index contributed by atoms with van der Waals surface area (Å²) < 4.78 is 6.13. The van der Waals surface area contributed by atoms with Gasteiger partial charge in [0.2, 0.25) is 0 Å². The molecule has 1 spiro atoms. The van der Waals surface area contributed by atoms with Crippen molar-refractivity contribution >= 4 is 19.4 Å². The van der Waals surface area contributed by atoms with Crippen molar-refractivity contribution in [2.24, 2.45) is 0 Å². The van der Waals surface area contributed by atoms with E-state index in [0.29, 0.717) is 12.1 Å². The van der Waals surface area contributed by atoms with Crippen LogP contribution < -0.4 is 0 Å². The summed E-state index contributed by atoms with van der Waals surface area (Å²) in [6.45, 7) is 8.12. The first-order valence-electron chi connectivity index (χ1n) is 8.73. The van der Waals surface area contributed by atoms with E-state index in [1.807, 2.05) is 36.9 Å². The van der Waals surface area contributed by atoms with E-state index in [1.54, 1.807) is 0 Å². The second-order valence-corrected chi connectivity index (χ2v) is 6.88. The van der Waals surface area contributed by atoms with Crippen LogP contribution in [-0.2, 0) is 16.1 Å². The quantitative estimate of drug-likeness (QED) is 0.829. The topological polar surface area (TPSA) is 56.6 Å². The Morgan fingerprint density at radius 2 is 2.08 bits per heavy atom. The van der Waals surface area contributed by atoms with Crippen LogP contribution in [0, 0.1) is 11.3 Å². The molecule has 0 aromatic heterocycles. The molecule has 3 rings (SSSR count). The Hall–Kier alpha value is -1.55. The van der Waals surface area contributed by atoms with Crippen LogP contribution in [0.3, 0.4) is 0 Å². The standard InChI is InChI=1S/C19H25N3O2.H2S/c1-3-22-14-19(24-15(2)18(22)23)7-9-21(10-8-19)13-17-6-4-5-16(11-17)12-20;/h4-6,11,15H,3,7-10,13-14H2,1-2H3;1H2/t15-;/m0./s1. The molecule has 1 aromatic carbocycles. The van der Waals surface area contributed by atoms with Crippen LogP contribution in [0.25, 0.3) is 0 Å². The van der Waals surface area contributed by atoms with E-state index in [1.165, 1.54) is 5.56 Å². The van der Waals surface area contributed by atoms with Crippen LogP contribution in [0.5, 0.6) is 0 Å². The molecule has 0 saturated carbocycles. The van der Waals surface area contributed by atoms with Crippen molar-refractivity contribution in [2.75, 3.05) is 26.2 Å². The third-order valence-corrected chi connectivity index (χ3v) is 5.18. The summed E-state index contributed by atoms with van der Waals surface area (Å²) in [4.78, 5) is 16.4. The molecule has 1 atom stereocenters. The highest BCUT2D eigenvalue weighted by Crippen LogP contribution is 2.33. The van der Waals surface area contributed by atoms with Crippen molar-refractivity contribution in [1.82, 2.24) is 9.80 Å². The summed E-state index contributed by atoms with van der Waals surface area (Å²) in [5.41, 5.74) is 1.70. The molecule has 2 heterocycles. The Morgan fingerprint density at radius 3 is 2.72 bits per heavy atom. The van der Waals surface area contributed by atoms with Crippen LogP contribution >= 0.6 is 13.5 Å². The predicted molar refractivity (Wildman–Crippen MR) is 102 cm³/mol. The molecule has 2 aliphatic rings. The largest absolute Gasteiger partial charge is 0.360 e. The van der Waals surface area contributed by atoms with Crippen LogP contribution in [0.4, 0.5) is 0 Å². The molecular formula is C19H27N3O2S. The maximum Gasteiger partial charge on any atom is 0.251 e. The van der Waals surface area contributed by atoms with Crippen molar-refractivity contribution in [1.29, 1.82) is 5.26 Å². The van der Waals surface area contributed by atoms with Gasteiger partial charge in [-0.2, -0.15) is 18.8 Å². The number of benzene rings is 1. The second kappa shape index (κ2) is 8.22. The normalized spacial score (nSPS) is 23.2. The van der Waals surface area contributed by atoms with E-state index in [-0.39, 0.29) is 31.1 Å². The summed E-state index contributed by atoms with van der Waals surface area (Å²) in [6, 6.07) is 10.0. The number of hydrogen-bond acceptors (Lipinski definition) is 4. The molecule has 0 radical (unpaired) electrons. The van der Waals surface area contributed by atoms with Gasteiger partial charge in [-0.25, -0.2) is 0 Å². The van der Waals surface area contributed by atoms with Crippen molar-refractivity contribution in [3.05, 3.63) is 35.4 Å². The van der Waals surface area contributed by atoms with Crippen molar-refractivity contribution in [3.8, 4) is 6.07 Å². The Morgan fingerprint density at radius 1 is 1.36 bits per heavy atom. The molecule has 0 bridgehead atoms. The van der Waals surface area contributed by atoms with Gasteiger partial charge in [0.15, 0.2) is 0 Å². The molecule has 136 valence electrons. The van der Waals surface area contributed by atoms with Gasteiger partial charge in [-0.05, 0) is 44.4 Å². The summed E-state index contributed by atoms with van der Waals surface area (Å²) in [5, 5.41) is 9.02. The average molecular weight is 362 g/mol. The summed E-state index contributed by atoms with van der Waals surface area (Å²) in [5.74, 6) is 0.110. The number of carbonyl (C=O) groups excluding carboxylic acids is 1. The van der Waals surface area contributed by atoms with Crippen LogP contribution in [-0.4, -0.2) is 53.6 Å². The Labute approximate surface area is 157 Å². The summed E-state index contributed by atoms with van der Waals surface area (Å²) in [7, 11) is 0. The lowest BCUT2D eigenvalue weighted by Crippen LogP contribution is -2.61. The fraction of sp³-hybridized carbons (Fsp3) is 0.579. The number of carbonyl (C=O) groups is 1. The lowest BCUT2D eigenvalue weighted by molar-refractivity contribution is -0.189. The zero-order valence-corrected chi connectivity index (χ0v) is 16.0. The maximum atomic E-state index is 12.1. The number of nitrogens with zero attached hydrogens (tertiary/aromatic N) is 3. The van der Waals surface area contributed by atoms with Gasteiger partial charge < -0.3 is 9.64 Å². The molecule has 0 N–H and O–H groups in total. The minimum absolute atomic E-state index is 0. The second-order valence-electron chi connectivity index (χ2n) is 6.88. The van der Waals surface area contributed by atoms with E-state index < -0.39 is 0 Å². The van der Waals surface area contributed by atoms with Gasteiger partial charge in [0.25, 0.3) is 5.91 Å². The molecule has 2 fully saturated rings. The molecule has 2 saturated heterocycles. The van der Waals surface area contributed by atoms with Gasteiger partial charge >= 0.3 is 0 Å². The fourth-order valence-electron chi connectivity index (χ4n) is 3.81. The number of nitriles is 1. The number of rotatable bonds is 3. The highest BCUT2D eigenvalue weighted by Gasteiger charge is 2.44. The highest BCUT2D eigenvalue weighted by molar-refractivity contribution is 7.59. The van der Waals surface area contributed by atoms with Gasteiger partial charge in [0, 0.05) is 32.7 Å². The molecule has 5 nitrogen and oxygen atoms in total. The minimum Gasteiger partial charge on any atom is -0.360 e. The monoisotopic (exact) mass is 361 g/mol. The molecular weight excluding hydrogens is 334 g/mol. The zero-order valence-electron chi connectivity index (χ0n) is 15.0. The van der Waals surface area contributed by atoms with Crippen LogP contribution in [0.1, 0.15) is 37.8 Å². The molecule has 0 aliphatic carbocycles. The van der Waals surface area contributed by atoms with Crippen molar-refractivity contribution in [2.45, 2.75) is 44.9 Å².